The number of rotatable bonds is 2. The van der Waals surface area contributed by atoms with Gasteiger partial charge >= 0.3 is 25.0 Å². The Balaban J connectivity index is -0.000000263. The molecule has 0 aromatic carbocycles. The standard InChI is InChI=1S/2C4H8N2O2.C4H8NO.ClH.Co/c2*1-3(5-7)4(2)6-8;1-3-6-4-2-5-1;;/h2*7-8H,1-2H3;1-4H2;1H;/q;;-1;;+2/p-1/b2*5-3+,6-4+;;;. The van der Waals surface area contributed by atoms with E-state index in [1.165, 1.54) is 27.7 Å². The minimum atomic E-state index is 0.313. The van der Waals surface area contributed by atoms with Crippen molar-refractivity contribution >= 4 is 33.0 Å². The van der Waals surface area contributed by atoms with Gasteiger partial charge in [-0.2, -0.15) is 0 Å². The minimum absolute atomic E-state index is 0.313. The molecule has 1 saturated heterocycles. The van der Waals surface area contributed by atoms with Crippen LogP contribution in [0.2, 0.25) is 0 Å². The molecule has 10 nitrogen and oxygen atoms in total. The van der Waals surface area contributed by atoms with Crippen molar-refractivity contribution in [1.29, 1.82) is 0 Å². The fourth-order valence-electron chi connectivity index (χ4n) is 0.762. The van der Waals surface area contributed by atoms with Gasteiger partial charge in [-0.1, -0.05) is 20.6 Å². The Kier molecular flexibility index (Phi) is 24.7. The van der Waals surface area contributed by atoms with Gasteiger partial charge in [0, 0.05) is 13.2 Å². The van der Waals surface area contributed by atoms with E-state index in [0.29, 0.717) is 22.8 Å². The maximum atomic E-state index is 8.03. The molecule has 143 valence electrons. The van der Waals surface area contributed by atoms with Gasteiger partial charge in [-0.3, -0.25) is 0 Å². The van der Waals surface area contributed by atoms with Gasteiger partial charge in [0.15, 0.2) is 0 Å². The number of halogens is 1. The zero-order valence-electron chi connectivity index (χ0n) is 14.0. The molecule has 0 atom stereocenters. The predicted molar refractivity (Wildman–Crippen MR) is 89.3 cm³/mol. The van der Waals surface area contributed by atoms with Crippen molar-refractivity contribution in [3.05, 3.63) is 5.32 Å². The van der Waals surface area contributed by atoms with Crippen LogP contribution in [0.5, 0.6) is 0 Å². The van der Waals surface area contributed by atoms with Gasteiger partial charge in [0.05, 0.1) is 0 Å². The first kappa shape index (κ1) is 27.4. The van der Waals surface area contributed by atoms with Crippen LogP contribution >= 0.6 is 10.1 Å². The van der Waals surface area contributed by atoms with Gasteiger partial charge in [-0.25, -0.2) is 0 Å². The molecule has 0 aromatic rings. The third-order valence-corrected chi connectivity index (χ3v) is 2.43. The molecule has 0 spiro atoms. The number of hydrogen-bond donors (Lipinski definition) is 4. The molecule has 1 heterocycles. The molecule has 1 aliphatic heterocycles. The van der Waals surface area contributed by atoms with Gasteiger partial charge in [-0.15, -0.1) is 13.1 Å². The van der Waals surface area contributed by atoms with Crippen molar-refractivity contribution in [2.45, 2.75) is 27.7 Å². The molecule has 0 amide bonds. The summed E-state index contributed by atoms with van der Waals surface area (Å²) in [5.74, 6) is 0. The molecule has 0 aromatic heterocycles. The summed E-state index contributed by atoms with van der Waals surface area (Å²) in [6.07, 6.45) is 0. The van der Waals surface area contributed by atoms with Gasteiger partial charge in [0.25, 0.3) is 0 Å². The van der Waals surface area contributed by atoms with Crippen LogP contribution in [-0.2, 0) is 19.6 Å². The first-order chi connectivity index (χ1) is 11.4. The van der Waals surface area contributed by atoms with E-state index in [4.69, 9.17) is 25.6 Å². The molecular formula is C12H24ClCoN5O5. The normalized spacial score (nSPS) is 15.8. The fraction of sp³-hybridized carbons (Fsp3) is 0.667. The Morgan fingerprint density at radius 1 is 0.750 bits per heavy atom. The Morgan fingerprint density at radius 2 is 1.00 bits per heavy atom. The Bertz CT molecular complexity index is 339. The SMILES string of the molecule is C1COCC[N-]1.CC(=N\O)/C(C)=N/O.CC(=N\O)/C(C)=N/O.[Cl][Co+]. The molecule has 4 N–H and O–H groups in total. The maximum absolute atomic E-state index is 8.03. The number of nitrogens with zero attached hydrogens (tertiary/aromatic N) is 5. The van der Waals surface area contributed by atoms with Crippen molar-refractivity contribution in [2.75, 3.05) is 26.3 Å². The van der Waals surface area contributed by atoms with Crippen molar-refractivity contribution < 1.29 is 40.4 Å². The summed E-state index contributed by atoms with van der Waals surface area (Å²) < 4.78 is 4.98. The molecule has 1 rings (SSSR count). The number of ether oxygens (including phenoxy) is 1. The summed E-state index contributed by atoms with van der Waals surface area (Å²) in [7, 11) is 4.33. The quantitative estimate of drug-likeness (QED) is 0.311. The van der Waals surface area contributed by atoms with Crippen molar-refractivity contribution in [2.24, 2.45) is 20.6 Å². The van der Waals surface area contributed by atoms with E-state index in [1.807, 2.05) is 0 Å². The first-order valence-corrected chi connectivity index (χ1v) is 7.96. The Morgan fingerprint density at radius 3 is 1.08 bits per heavy atom. The first-order valence-electron chi connectivity index (χ1n) is 6.53. The molecule has 1 fully saturated rings. The van der Waals surface area contributed by atoms with Crippen molar-refractivity contribution in [3.63, 3.8) is 0 Å². The topological polar surface area (TPSA) is 154 Å². The van der Waals surface area contributed by atoms with Gasteiger partial charge in [0.1, 0.15) is 22.8 Å². The molecule has 0 saturated carbocycles. The molecule has 1 aliphatic rings. The molecular weight excluding hydrogens is 389 g/mol. The Labute approximate surface area is 153 Å². The second-order valence-corrected chi connectivity index (χ2v) is 4.02. The molecule has 0 bridgehead atoms. The summed E-state index contributed by atoms with van der Waals surface area (Å²) in [6.45, 7) is 9.62. The average molecular weight is 413 g/mol. The van der Waals surface area contributed by atoms with E-state index >= 15 is 0 Å². The summed E-state index contributed by atoms with van der Waals surface area (Å²) >= 11 is 3.03. The third kappa shape index (κ3) is 18.6. The second-order valence-electron chi connectivity index (χ2n) is 4.02. The molecule has 0 unspecified atom stereocenters. The van der Waals surface area contributed by atoms with Crippen LogP contribution in [0.25, 0.3) is 5.32 Å². The van der Waals surface area contributed by atoms with Crippen LogP contribution in [0, 0.1) is 0 Å². The summed E-state index contributed by atoms with van der Waals surface area (Å²) in [5, 5.41) is 47.3. The van der Waals surface area contributed by atoms with E-state index in [0.717, 1.165) is 26.3 Å². The molecule has 0 radical (unpaired) electrons. The van der Waals surface area contributed by atoms with Crippen molar-refractivity contribution in [1.82, 2.24) is 0 Å². The van der Waals surface area contributed by atoms with E-state index in [1.54, 1.807) is 0 Å². The van der Waals surface area contributed by atoms with Crippen LogP contribution in [0.1, 0.15) is 27.7 Å². The van der Waals surface area contributed by atoms with Gasteiger partial charge in [0.2, 0.25) is 0 Å². The number of hydrogen-bond acceptors (Lipinski definition) is 9. The van der Waals surface area contributed by atoms with E-state index in [2.05, 4.69) is 50.9 Å². The molecule has 12 heteroatoms. The zero-order chi connectivity index (χ0) is 19.4. The average Bonchev–Trinajstić information content (AvgIpc) is 2.69. The Hall–Kier alpha value is -1.40. The second kappa shape index (κ2) is 21.6. The van der Waals surface area contributed by atoms with Crippen LogP contribution in [0.3, 0.4) is 0 Å². The zero-order valence-corrected chi connectivity index (χ0v) is 15.8. The number of oxime groups is 4. The van der Waals surface area contributed by atoms with Crippen LogP contribution < -0.4 is 0 Å². The molecule has 24 heavy (non-hydrogen) atoms. The van der Waals surface area contributed by atoms with Crippen LogP contribution in [-0.4, -0.2) is 70.0 Å². The van der Waals surface area contributed by atoms with Crippen LogP contribution in [0.15, 0.2) is 20.6 Å². The van der Waals surface area contributed by atoms with E-state index in [-0.39, 0.29) is 0 Å². The molecule has 0 aliphatic carbocycles. The van der Waals surface area contributed by atoms with Crippen molar-refractivity contribution in [3.8, 4) is 0 Å². The van der Waals surface area contributed by atoms with Gasteiger partial charge in [-0.05, 0) is 27.7 Å². The van der Waals surface area contributed by atoms with Crippen LogP contribution in [0.4, 0.5) is 0 Å². The summed E-state index contributed by atoms with van der Waals surface area (Å²) in [6, 6.07) is 0. The monoisotopic (exact) mass is 412 g/mol. The summed E-state index contributed by atoms with van der Waals surface area (Å²) in [5.41, 5.74) is 1.25. The van der Waals surface area contributed by atoms with E-state index in [9.17, 15) is 0 Å². The number of morpholine rings is 1. The van der Waals surface area contributed by atoms with E-state index < -0.39 is 0 Å². The van der Waals surface area contributed by atoms with Gasteiger partial charge < -0.3 is 30.9 Å². The fourth-order valence-corrected chi connectivity index (χ4v) is 0.762. The summed E-state index contributed by atoms with van der Waals surface area (Å²) in [4.78, 5) is 0. The predicted octanol–water partition coefficient (Wildman–Crippen LogP) is 2.45. The third-order valence-electron chi connectivity index (χ3n) is 2.43.